The van der Waals surface area contributed by atoms with Crippen LogP contribution in [0, 0.1) is 13.8 Å². The van der Waals surface area contributed by atoms with Crippen LogP contribution >= 0.6 is 43.2 Å². The minimum atomic E-state index is 0.444. The van der Waals surface area contributed by atoms with Crippen LogP contribution < -0.4 is 5.32 Å². The molecule has 0 amide bonds. The highest BCUT2D eigenvalue weighted by atomic mass is 79.9. The van der Waals surface area contributed by atoms with Crippen LogP contribution in [0.3, 0.4) is 0 Å². The van der Waals surface area contributed by atoms with Crippen LogP contribution in [0.25, 0.3) is 0 Å². The van der Waals surface area contributed by atoms with Crippen molar-refractivity contribution in [2.45, 2.75) is 39.2 Å². The van der Waals surface area contributed by atoms with Gasteiger partial charge >= 0.3 is 0 Å². The summed E-state index contributed by atoms with van der Waals surface area (Å²) in [5, 5.41) is 3.78. The maximum Gasteiger partial charge on any atom is 0.0705 e. The second-order valence-electron chi connectivity index (χ2n) is 5.43. The van der Waals surface area contributed by atoms with E-state index in [0.717, 1.165) is 4.47 Å². The minimum Gasteiger partial charge on any atom is -0.378 e. The van der Waals surface area contributed by atoms with Crippen molar-refractivity contribution in [3.63, 3.8) is 0 Å². The Balaban J connectivity index is 1.93. The molecule has 0 aliphatic heterocycles. The third kappa shape index (κ3) is 2.83. The molecule has 4 heteroatoms. The molecule has 0 bridgehead atoms. The molecule has 3 rings (SSSR count). The van der Waals surface area contributed by atoms with Gasteiger partial charge in [0.05, 0.1) is 9.83 Å². The molecule has 20 heavy (non-hydrogen) atoms. The van der Waals surface area contributed by atoms with Gasteiger partial charge in [-0.1, -0.05) is 15.9 Å². The zero-order chi connectivity index (χ0) is 14.3. The monoisotopic (exact) mass is 413 g/mol. The van der Waals surface area contributed by atoms with Crippen LogP contribution in [0.15, 0.2) is 26.5 Å². The van der Waals surface area contributed by atoms with Crippen molar-refractivity contribution in [2.24, 2.45) is 0 Å². The molecule has 106 valence electrons. The number of hydrogen-bond acceptors (Lipinski definition) is 2. The summed E-state index contributed by atoms with van der Waals surface area (Å²) >= 11 is 9.08. The Kier molecular flexibility index (Phi) is 4.25. The van der Waals surface area contributed by atoms with E-state index in [1.54, 1.807) is 0 Å². The number of nitrogens with one attached hydrogen (secondary N) is 1. The van der Waals surface area contributed by atoms with Gasteiger partial charge in [0.25, 0.3) is 0 Å². The standard InChI is InChI=1S/C16H17Br2NS/c1-9-6-11(17)7-10(2)16(9)19-13-4-3-5-14-12(13)8-15(18)20-14/h6-8,13,19H,3-5H2,1-2H3. The first-order valence-electron chi connectivity index (χ1n) is 6.86. The Morgan fingerprint density at radius 1 is 1.15 bits per heavy atom. The van der Waals surface area contributed by atoms with Crippen LogP contribution in [0.4, 0.5) is 5.69 Å². The first kappa shape index (κ1) is 14.6. The van der Waals surface area contributed by atoms with Crippen molar-refractivity contribution < 1.29 is 0 Å². The van der Waals surface area contributed by atoms with E-state index in [2.05, 4.69) is 69.2 Å². The number of hydrogen-bond donors (Lipinski definition) is 1. The maximum atomic E-state index is 3.78. The number of rotatable bonds is 2. The number of anilines is 1. The highest BCUT2D eigenvalue weighted by molar-refractivity contribution is 9.11. The maximum absolute atomic E-state index is 3.78. The van der Waals surface area contributed by atoms with Crippen LogP contribution in [-0.2, 0) is 6.42 Å². The smallest absolute Gasteiger partial charge is 0.0705 e. The lowest BCUT2D eigenvalue weighted by Gasteiger charge is -2.26. The Morgan fingerprint density at radius 3 is 2.55 bits per heavy atom. The largest absolute Gasteiger partial charge is 0.378 e. The van der Waals surface area contributed by atoms with Crippen LogP contribution in [0.2, 0.25) is 0 Å². The third-order valence-corrected chi connectivity index (χ3v) is 6.07. The van der Waals surface area contributed by atoms with Gasteiger partial charge in [0.1, 0.15) is 0 Å². The lowest BCUT2D eigenvalue weighted by atomic mass is 9.93. The molecule has 1 aliphatic carbocycles. The van der Waals surface area contributed by atoms with E-state index >= 15 is 0 Å². The van der Waals surface area contributed by atoms with Gasteiger partial charge < -0.3 is 5.32 Å². The second kappa shape index (κ2) is 5.82. The second-order valence-corrected chi connectivity index (χ2v) is 8.86. The van der Waals surface area contributed by atoms with Crippen LogP contribution in [0.1, 0.15) is 40.5 Å². The van der Waals surface area contributed by atoms with Gasteiger partial charge in [0.15, 0.2) is 0 Å². The highest BCUT2D eigenvalue weighted by Crippen LogP contribution is 2.40. The van der Waals surface area contributed by atoms with E-state index in [1.807, 2.05) is 11.3 Å². The van der Waals surface area contributed by atoms with E-state index in [0.29, 0.717) is 6.04 Å². The molecule has 1 aromatic carbocycles. The summed E-state index contributed by atoms with van der Waals surface area (Å²) in [6, 6.07) is 7.10. The number of benzene rings is 1. The van der Waals surface area contributed by atoms with Gasteiger partial charge in [-0.25, -0.2) is 0 Å². The molecular weight excluding hydrogens is 398 g/mol. The lowest BCUT2D eigenvalue weighted by molar-refractivity contribution is 0.608. The van der Waals surface area contributed by atoms with Gasteiger partial charge in [0, 0.05) is 15.0 Å². The number of aryl methyl sites for hydroxylation is 3. The van der Waals surface area contributed by atoms with Crippen LogP contribution in [-0.4, -0.2) is 0 Å². The van der Waals surface area contributed by atoms with E-state index in [1.165, 1.54) is 50.3 Å². The molecule has 1 atom stereocenters. The van der Waals surface area contributed by atoms with Crippen molar-refractivity contribution in [3.8, 4) is 0 Å². The molecule has 0 spiro atoms. The van der Waals surface area contributed by atoms with Crippen LogP contribution in [0.5, 0.6) is 0 Å². The summed E-state index contributed by atoms with van der Waals surface area (Å²) in [5.74, 6) is 0. The molecule has 1 aliphatic rings. The Labute approximate surface area is 141 Å². The van der Waals surface area contributed by atoms with Gasteiger partial charge in [0.2, 0.25) is 0 Å². The summed E-state index contributed by atoms with van der Waals surface area (Å²) in [4.78, 5) is 1.54. The van der Waals surface area contributed by atoms with Crippen molar-refractivity contribution in [1.82, 2.24) is 0 Å². The lowest BCUT2D eigenvalue weighted by Crippen LogP contribution is -2.16. The highest BCUT2D eigenvalue weighted by Gasteiger charge is 2.23. The Bertz CT molecular complexity index is 625. The third-order valence-electron chi connectivity index (χ3n) is 3.90. The fraction of sp³-hybridized carbons (Fsp3) is 0.375. The van der Waals surface area contributed by atoms with Crippen molar-refractivity contribution in [1.29, 1.82) is 0 Å². The minimum absolute atomic E-state index is 0.444. The fourth-order valence-electron chi connectivity index (χ4n) is 2.98. The quantitative estimate of drug-likeness (QED) is 0.600. The fourth-order valence-corrected chi connectivity index (χ4v) is 5.49. The summed E-state index contributed by atoms with van der Waals surface area (Å²) in [6.45, 7) is 4.35. The van der Waals surface area contributed by atoms with Gasteiger partial charge in [-0.15, -0.1) is 11.3 Å². The van der Waals surface area contributed by atoms with E-state index in [-0.39, 0.29) is 0 Å². The average Bonchev–Trinajstić information content (AvgIpc) is 2.74. The summed E-state index contributed by atoms with van der Waals surface area (Å²) in [6.07, 6.45) is 3.71. The van der Waals surface area contributed by atoms with E-state index in [9.17, 15) is 0 Å². The molecule has 0 radical (unpaired) electrons. The van der Waals surface area contributed by atoms with Crippen molar-refractivity contribution in [3.05, 3.63) is 48.0 Å². The van der Waals surface area contributed by atoms with Crippen molar-refractivity contribution >= 4 is 48.9 Å². The van der Waals surface area contributed by atoms with Gasteiger partial charge in [-0.05, 0) is 83.9 Å². The van der Waals surface area contributed by atoms with E-state index in [4.69, 9.17) is 0 Å². The normalized spacial score (nSPS) is 17.9. The Morgan fingerprint density at radius 2 is 1.85 bits per heavy atom. The summed E-state index contributed by atoms with van der Waals surface area (Å²) in [7, 11) is 0. The van der Waals surface area contributed by atoms with Crippen molar-refractivity contribution in [2.75, 3.05) is 5.32 Å². The number of thiophene rings is 1. The molecule has 0 fully saturated rings. The molecule has 1 aromatic heterocycles. The molecule has 0 saturated heterocycles. The first-order valence-corrected chi connectivity index (χ1v) is 9.26. The summed E-state index contributed by atoms with van der Waals surface area (Å²) in [5.41, 5.74) is 5.37. The molecule has 1 nitrogen and oxygen atoms in total. The predicted molar refractivity (Wildman–Crippen MR) is 94.9 cm³/mol. The molecule has 1 N–H and O–H groups in total. The first-order chi connectivity index (χ1) is 9.54. The predicted octanol–water partition coefficient (Wildman–Crippen LogP) is 6.38. The zero-order valence-electron chi connectivity index (χ0n) is 11.6. The van der Waals surface area contributed by atoms with Gasteiger partial charge in [-0.3, -0.25) is 0 Å². The number of halogens is 2. The molecular formula is C16H17Br2NS. The topological polar surface area (TPSA) is 12.0 Å². The number of fused-ring (bicyclic) bond motifs is 1. The van der Waals surface area contributed by atoms with E-state index < -0.39 is 0 Å². The molecule has 0 saturated carbocycles. The van der Waals surface area contributed by atoms with Gasteiger partial charge in [-0.2, -0.15) is 0 Å². The molecule has 1 unspecified atom stereocenters. The molecule has 2 aromatic rings. The average molecular weight is 415 g/mol. The SMILES string of the molecule is Cc1cc(Br)cc(C)c1NC1CCCc2sc(Br)cc21. The zero-order valence-corrected chi connectivity index (χ0v) is 15.6. The molecule has 1 heterocycles. The summed E-state index contributed by atoms with van der Waals surface area (Å²) < 4.78 is 2.40. The Hall–Kier alpha value is -0.320.